The van der Waals surface area contributed by atoms with E-state index in [2.05, 4.69) is 4.98 Å². The van der Waals surface area contributed by atoms with Gasteiger partial charge in [-0.05, 0) is 42.2 Å². The molecular formula is C19H16ClNO3S. The molecule has 0 amide bonds. The van der Waals surface area contributed by atoms with E-state index in [4.69, 9.17) is 21.4 Å². The van der Waals surface area contributed by atoms with Crippen LogP contribution in [0.25, 0.3) is 10.9 Å². The van der Waals surface area contributed by atoms with Gasteiger partial charge in [-0.3, -0.25) is 4.79 Å². The van der Waals surface area contributed by atoms with Gasteiger partial charge in [0, 0.05) is 15.8 Å². The van der Waals surface area contributed by atoms with Gasteiger partial charge in [-0.1, -0.05) is 29.8 Å². The molecule has 0 unspecified atom stereocenters. The number of pyridine rings is 1. The van der Waals surface area contributed by atoms with Crippen molar-refractivity contribution in [3.63, 3.8) is 0 Å². The molecule has 2 aromatic carbocycles. The van der Waals surface area contributed by atoms with E-state index in [1.807, 2.05) is 30.5 Å². The molecule has 0 aliphatic heterocycles. The lowest BCUT2D eigenvalue weighted by Crippen LogP contribution is -2.01. The van der Waals surface area contributed by atoms with Crippen molar-refractivity contribution in [2.24, 2.45) is 0 Å². The molecule has 1 N–H and O–H groups in total. The van der Waals surface area contributed by atoms with Crippen LogP contribution >= 0.6 is 23.4 Å². The van der Waals surface area contributed by atoms with Crippen LogP contribution < -0.4 is 4.74 Å². The molecule has 4 nitrogen and oxygen atoms in total. The number of hydrogen-bond donors (Lipinski definition) is 1. The normalized spacial score (nSPS) is 10.8. The number of aliphatic carboxylic acids is 1. The van der Waals surface area contributed by atoms with E-state index in [1.54, 1.807) is 36.0 Å². The van der Waals surface area contributed by atoms with Crippen molar-refractivity contribution in [1.29, 1.82) is 0 Å². The zero-order valence-electron chi connectivity index (χ0n) is 13.5. The molecule has 0 atom stereocenters. The van der Waals surface area contributed by atoms with E-state index >= 15 is 0 Å². The maximum atomic E-state index is 10.7. The van der Waals surface area contributed by atoms with Crippen LogP contribution in [0.1, 0.15) is 11.1 Å². The summed E-state index contributed by atoms with van der Waals surface area (Å²) < 4.78 is 5.75. The molecule has 0 saturated carbocycles. The average Bonchev–Trinajstić information content (AvgIpc) is 2.60. The number of fused-ring (bicyclic) bond motifs is 1. The summed E-state index contributed by atoms with van der Waals surface area (Å²) in [4.78, 5) is 16.3. The topological polar surface area (TPSA) is 59.4 Å². The van der Waals surface area contributed by atoms with Gasteiger partial charge in [0.2, 0.25) is 0 Å². The number of halogens is 1. The zero-order chi connectivity index (χ0) is 17.8. The second kappa shape index (κ2) is 7.76. The van der Waals surface area contributed by atoms with E-state index < -0.39 is 5.97 Å². The summed E-state index contributed by atoms with van der Waals surface area (Å²) in [7, 11) is 0. The third kappa shape index (κ3) is 4.44. The molecule has 0 spiro atoms. The largest absolute Gasteiger partial charge is 0.489 e. The molecular weight excluding hydrogens is 358 g/mol. The molecule has 0 bridgehead atoms. The van der Waals surface area contributed by atoms with Gasteiger partial charge in [-0.2, -0.15) is 0 Å². The third-order valence-electron chi connectivity index (χ3n) is 3.72. The molecule has 128 valence electrons. The van der Waals surface area contributed by atoms with Gasteiger partial charge in [0.15, 0.2) is 0 Å². The van der Waals surface area contributed by atoms with Crippen molar-refractivity contribution in [2.75, 3.05) is 6.26 Å². The fourth-order valence-electron chi connectivity index (χ4n) is 2.43. The van der Waals surface area contributed by atoms with Gasteiger partial charge in [-0.15, -0.1) is 11.8 Å². The number of carboxylic acid groups (broad SMARTS) is 1. The van der Waals surface area contributed by atoms with Crippen LogP contribution in [-0.4, -0.2) is 22.3 Å². The molecule has 1 heterocycles. The van der Waals surface area contributed by atoms with Gasteiger partial charge < -0.3 is 9.84 Å². The van der Waals surface area contributed by atoms with Gasteiger partial charge in [-0.25, -0.2) is 4.98 Å². The third-order valence-corrected chi connectivity index (χ3v) is 4.78. The smallest absolute Gasteiger partial charge is 0.307 e. The molecule has 6 heteroatoms. The average molecular weight is 374 g/mol. The fourth-order valence-corrected chi connectivity index (χ4v) is 3.07. The van der Waals surface area contributed by atoms with Crippen LogP contribution in [0.2, 0.25) is 5.15 Å². The van der Waals surface area contributed by atoms with Crippen molar-refractivity contribution < 1.29 is 14.6 Å². The SMILES string of the molecule is CSc1ccc2cc(COc3ccc(CC(=O)O)cc3)c(Cl)nc2c1. The number of thioether (sulfide) groups is 1. The molecule has 1 aromatic heterocycles. The van der Waals surface area contributed by atoms with Crippen LogP contribution in [0.4, 0.5) is 0 Å². The second-order valence-corrected chi connectivity index (χ2v) is 6.74. The van der Waals surface area contributed by atoms with Crippen molar-refractivity contribution >= 4 is 40.2 Å². The number of hydrogen-bond acceptors (Lipinski definition) is 4. The Morgan fingerprint density at radius 3 is 2.64 bits per heavy atom. The highest BCUT2D eigenvalue weighted by atomic mass is 35.5. The minimum Gasteiger partial charge on any atom is -0.489 e. The van der Waals surface area contributed by atoms with Crippen molar-refractivity contribution in [3.05, 3.63) is 64.8 Å². The monoisotopic (exact) mass is 373 g/mol. The summed E-state index contributed by atoms with van der Waals surface area (Å²) in [5, 5.41) is 10.2. The summed E-state index contributed by atoms with van der Waals surface area (Å²) in [6, 6.07) is 15.1. The molecule has 0 saturated heterocycles. The first kappa shape index (κ1) is 17.6. The van der Waals surface area contributed by atoms with Crippen LogP contribution in [0, 0.1) is 0 Å². The number of carboxylic acids is 1. The first-order valence-corrected chi connectivity index (χ1v) is 9.22. The second-order valence-electron chi connectivity index (χ2n) is 5.50. The molecule has 0 aliphatic carbocycles. The Bertz CT molecular complexity index is 912. The summed E-state index contributed by atoms with van der Waals surface area (Å²) in [6.07, 6.45) is 2.02. The van der Waals surface area contributed by atoms with Crippen LogP contribution in [0.5, 0.6) is 5.75 Å². The molecule has 0 aliphatic rings. The van der Waals surface area contributed by atoms with E-state index in [9.17, 15) is 4.79 Å². The summed E-state index contributed by atoms with van der Waals surface area (Å²) >= 11 is 7.95. The van der Waals surface area contributed by atoms with E-state index in [0.29, 0.717) is 17.5 Å². The number of benzene rings is 2. The lowest BCUT2D eigenvalue weighted by atomic mass is 10.1. The highest BCUT2D eigenvalue weighted by molar-refractivity contribution is 7.98. The Hall–Kier alpha value is -2.24. The number of carbonyl (C=O) groups is 1. The maximum Gasteiger partial charge on any atom is 0.307 e. The number of rotatable bonds is 6. The van der Waals surface area contributed by atoms with Crippen molar-refractivity contribution in [2.45, 2.75) is 17.9 Å². The van der Waals surface area contributed by atoms with E-state index in [1.165, 1.54) is 0 Å². The Kier molecular flexibility index (Phi) is 5.46. The summed E-state index contributed by atoms with van der Waals surface area (Å²) in [6.45, 7) is 0.296. The van der Waals surface area contributed by atoms with E-state index in [0.717, 1.165) is 26.9 Å². The predicted molar refractivity (Wildman–Crippen MR) is 101 cm³/mol. The van der Waals surface area contributed by atoms with Crippen LogP contribution in [0.15, 0.2) is 53.4 Å². The standard InChI is InChI=1S/C19H16ClNO3S/c1-25-16-7-4-13-9-14(19(20)21-17(13)10-16)11-24-15-5-2-12(3-6-15)8-18(22)23/h2-7,9-10H,8,11H2,1H3,(H,22,23). The lowest BCUT2D eigenvalue weighted by molar-refractivity contribution is -0.136. The highest BCUT2D eigenvalue weighted by Gasteiger charge is 2.07. The summed E-state index contributed by atoms with van der Waals surface area (Å²) in [5.41, 5.74) is 2.40. The number of aromatic nitrogens is 1. The van der Waals surface area contributed by atoms with Gasteiger partial charge >= 0.3 is 5.97 Å². The maximum absolute atomic E-state index is 10.7. The summed E-state index contributed by atoms with van der Waals surface area (Å²) in [5.74, 6) is -0.199. The molecule has 0 fully saturated rings. The Balaban J connectivity index is 1.74. The molecule has 3 rings (SSSR count). The fraction of sp³-hybridized carbons (Fsp3) is 0.158. The van der Waals surface area contributed by atoms with E-state index in [-0.39, 0.29) is 6.42 Å². The van der Waals surface area contributed by atoms with Gasteiger partial charge in [0.25, 0.3) is 0 Å². The van der Waals surface area contributed by atoms with Crippen molar-refractivity contribution in [1.82, 2.24) is 4.98 Å². The Labute approximate surface area is 154 Å². The molecule has 25 heavy (non-hydrogen) atoms. The van der Waals surface area contributed by atoms with Crippen LogP contribution in [-0.2, 0) is 17.8 Å². The minimum atomic E-state index is -0.854. The van der Waals surface area contributed by atoms with Gasteiger partial charge in [0.05, 0.1) is 11.9 Å². The first-order chi connectivity index (χ1) is 12.0. The zero-order valence-corrected chi connectivity index (χ0v) is 15.1. The number of nitrogens with zero attached hydrogens (tertiary/aromatic N) is 1. The lowest BCUT2D eigenvalue weighted by Gasteiger charge is -2.10. The number of ether oxygens (including phenoxy) is 1. The Morgan fingerprint density at radius 2 is 1.96 bits per heavy atom. The highest BCUT2D eigenvalue weighted by Crippen LogP contribution is 2.26. The Morgan fingerprint density at radius 1 is 1.20 bits per heavy atom. The predicted octanol–water partition coefficient (Wildman–Crippen LogP) is 4.82. The molecule has 0 radical (unpaired) electrons. The minimum absolute atomic E-state index is 0.00125. The van der Waals surface area contributed by atoms with Gasteiger partial charge in [0.1, 0.15) is 17.5 Å². The first-order valence-electron chi connectivity index (χ1n) is 7.62. The molecule has 3 aromatic rings. The van der Waals surface area contributed by atoms with Crippen LogP contribution in [0.3, 0.4) is 0 Å². The van der Waals surface area contributed by atoms with Crippen molar-refractivity contribution in [3.8, 4) is 5.75 Å². The quantitative estimate of drug-likeness (QED) is 0.496.